The number of aryl methyl sites for hydroxylation is 1. The van der Waals surface area contributed by atoms with Gasteiger partial charge in [-0.15, -0.1) is 0 Å². The van der Waals surface area contributed by atoms with E-state index in [2.05, 4.69) is 16.3 Å². The molecule has 1 aliphatic rings. The summed E-state index contributed by atoms with van der Waals surface area (Å²) < 4.78 is 26.6. The molecule has 1 amide bonds. The van der Waals surface area contributed by atoms with E-state index in [0.717, 1.165) is 12.1 Å². The summed E-state index contributed by atoms with van der Waals surface area (Å²) in [6.07, 6.45) is 0.734. The molecule has 1 unspecified atom stereocenters. The predicted octanol–water partition coefficient (Wildman–Crippen LogP) is 0.936. The van der Waals surface area contributed by atoms with Crippen LogP contribution in [0.1, 0.15) is 25.8 Å². The highest BCUT2D eigenvalue weighted by atomic mass is 32.2. The van der Waals surface area contributed by atoms with Crippen molar-refractivity contribution in [3.05, 3.63) is 29.8 Å². The lowest BCUT2D eigenvalue weighted by atomic mass is 10.0. The number of hydrogen-bond acceptors (Lipinski definition) is 5. The van der Waals surface area contributed by atoms with Crippen molar-refractivity contribution in [3.63, 3.8) is 0 Å². The number of nitrogens with one attached hydrogen (secondary N) is 1. The fourth-order valence-electron chi connectivity index (χ4n) is 3.36. The first-order valence-corrected chi connectivity index (χ1v) is 11.1. The number of anilines is 1. The Hall–Kier alpha value is -1.64. The van der Waals surface area contributed by atoms with Crippen molar-refractivity contribution in [2.24, 2.45) is 11.7 Å². The van der Waals surface area contributed by atoms with E-state index in [1.807, 2.05) is 39.0 Å². The summed E-state index contributed by atoms with van der Waals surface area (Å²) in [6.45, 7) is 8.42. The van der Waals surface area contributed by atoms with Crippen LogP contribution < -0.4 is 16.0 Å². The molecule has 0 aliphatic carbocycles. The first-order valence-electron chi connectivity index (χ1n) is 9.50. The normalized spacial score (nSPS) is 17.1. The smallest absolute Gasteiger partial charge is 0.236 e. The van der Waals surface area contributed by atoms with Gasteiger partial charge in [0, 0.05) is 44.5 Å². The molecule has 0 spiro atoms. The average molecular weight is 397 g/mol. The lowest BCUT2D eigenvalue weighted by Crippen LogP contribution is -2.51. The molecule has 0 aromatic heterocycles. The van der Waals surface area contributed by atoms with Gasteiger partial charge < -0.3 is 16.0 Å². The van der Waals surface area contributed by atoms with Gasteiger partial charge in [-0.3, -0.25) is 4.79 Å². The van der Waals surface area contributed by atoms with Gasteiger partial charge in [0.25, 0.3) is 0 Å². The van der Waals surface area contributed by atoms with E-state index >= 15 is 0 Å². The number of sulfonamides is 1. The van der Waals surface area contributed by atoms with Crippen LogP contribution >= 0.6 is 0 Å². The van der Waals surface area contributed by atoms with Gasteiger partial charge in [-0.25, -0.2) is 8.42 Å². The molecule has 0 bridgehead atoms. The zero-order valence-electron chi connectivity index (χ0n) is 16.5. The van der Waals surface area contributed by atoms with Gasteiger partial charge >= 0.3 is 0 Å². The standard InChI is InChI=1S/C19H32N4O3S/c1-15(2)11-17(13-20)21-19(24)14-27(25,26)23-9-7-22(8-10-23)18-6-4-5-16(3)12-18/h4-6,12,15,17H,7-11,13-14,20H2,1-3H3,(H,21,24). The molecule has 1 aliphatic heterocycles. The second kappa shape index (κ2) is 9.52. The molecular weight excluding hydrogens is 364 g/mol. The Balaban J connectivity index is 1.89. The zero-order chi connectivity index (χ0) is 20.0. The number of nitrogens with zero attached hydrogens (tertiary/aromatic N) is 2. The second-order valence-corrected chi connectivity index (χ2v) is 9.58. The quantitative estimate of drug-likeness (QED) is 0.682. The van der Waals surface area contributed by atoms with Gasteiger partial charge in [-0.05, 0) is 37.0 Å². The zero-order valence-corrected chi connectivity index (χ0v) is 17.3. The third kappa shape index (κ3) is 6.48. The maximum atomic E-state index is 12.6. The summed E-state index contributed by atoms with van der Waals surface area (Å²) in [5.41, 5.74) is 7.95. The maximum absolute atomic E-state index is 12.6. The van der Waals surface area contributed by atoms with Crippen LogP contribution in [0.15, 0.2) is 24.3 Å². The molecule has 1 atom stereocenters. The average Bonchev–Trinajstić information content (AvgIpc) is 2.60. The van der Waals surface area contributed by atoms with Crippen LogP contribution in [0.5, 0.6) is 0 Å². The van der Waals surface area contributed by atoms with Crippen molar-refractivity contribution >= 4 is 21.6 Å². The van der Waals surface area contributed by atoms with Gasteiger partial charge in [0.15, 0.2) is 0 Å². The van der Waals surface area contributed by atoms with Crippen LogP contribution in [-0.4, -0.2) is 63.1 Å². The van der Waals surface area contributed by atoms with Gasteiger partial charge in [-0.2, -0.15) is 4.31 Å². The first-order chi connectivity index (χ1) is 12.7. The van der Waals surface area contributed by atoms with Gasteiger partial charge in [-0.1, -0.05) is 26.0 Å². The monoisotopic (exact) mass is 396 g/mol. The van der Waals surface area contributed by atoms with Crippen molar-refractivity contribution < 1.29 is 13.2 Å². The van der Waals surface area contributed by atoms with Crippen LogP contribution in [0.2, 0.25) is 0 Å². The minimum absolute atomic E-state index is 0.189. The molecule has 0 saturated carbocycles. The van der Waals surface area contributed by atoms with Crippen molar-refractivity contribution in [1.82, 2.24) is 9.62 Å². The molecule has 1 aromatic rings. The molecule has 0 radical (unpaired) electrons. The van der Waals surface area contributed by atoms with Crippen LogP contribution in [0.4, 0.5) is 5.69 Å². The molecule has 27 heavy (non-hydrogen) atoms. The van der Waals surface area contributed by atoms with E-state index in [1.165, 1.54) is 9.87 Å². The molecule has 8 heteroatoms. The molecule has 1 saturated heterocycles. The number of rotatable bonds is 8. The van der Waals surface area contributed by atoms with E-state index in [1.54, 1.807) is 0 Å². The Labute approximate surface area is 163 Å². The summed E-state index contributed by atoms with van der Waals surface area (Å²) in [5.74, 6) is -0.621. The number of benzene rings is 1. The minimum atomic E-state index is -3.62. The van der Waals surface area contributed by atoms with E-state index in [-0.39, 0.29) is 6.04 Å². The Bertz CT molecular complexity index is 728. The van der Waals surface area contributed by atoms with Gasteiger partial charge in [0.2, 0.25) is 15.9 Å². The summed E-state index contributed by atoms with van der Waals surface area (Å²) in [4.78, 5) is 14.4. The molecular formula is C19H32N4O3S. The first kappa shape index (κ1) is 21.7. The van der Waals surface area contributed by atoms with Crippen molar-refractivity contribution in [3.8, 4) is 0 Å². The molecule has 7 nitrogen and oxygen atoms in total. The minimum Gasteiger partial charge on any atom is -0.369 e. The molecule has 1 fully saturated rings. The van der Waals surface area contributed by atoms with Crippen LogP contribution in [0.3, 0.4) is 0 Å². The Kier molecular flexibility index (Phi) is 7.64. The Morgan fingerprint density at radius 2 is 1.89 bits per heavy atom. The van der Waals surface area contributed by atoms with E-state index in [4.69, 9.17) is 5.73 Å². The summed E-state index contributed by atoms with van der Waals surface area (Å²) >= 11 is 0. The number of nitrogens with two attached hydrogens (primary N) is 1. The number of amides is 1. The number of carbonyl (C=O) groups is 1. The van der Waals surface area contributed by atoms with E-state index in [9.17, 15) is 13.2 Å². The third-order valence-corrected chi connectivity index (χ3v) is 6.50. The van der Waals surface area contributed by atoms with Crippen molar-refractivity contribution in [1.29, 1.82) is 0 Å². The maximum Gasteiger partial charge on any atom is 0.236 e. The fraction of sp³-hybridized carbons (Fsp3) is 0.632. The summed E-state index contributed by atoms with van der Waals surface area (Å²) in [5, 5.41) is 2.75. The predicted molar refractivity (Wildman–Crippen MR) is 109 cm³/mol. The second-order valence-electron chi connectivity index (χ2n) is 7.61. The lowest BCUT2D eigenvalue weighted by Gasteiger charge is -2.35. The number of carbonyl (C=O) groups excluding carboxylic acids is 1. The van der Waals surface area contributed by atoms with Crippen molar-refractivity contribution in [2.75, 3.05) is 43.4 Å². The lowest BCUT2D eigenvalue weighted by molar-refractivity contribution is -0.119. The highest BCUT2D eigenvalue weighted by Crippen LogP contribution is 2.19. The van der Waals surface area contributed by atoms with Crippen LogP contribution in [-0.2, 0) is 14.8 Å². The number of piperazine rings is 1. The molecule has 2 rings (SSSR count). The molecule has 1 heterocycles. The number of hydrogen-bond donors (Lipinski definition) is 2. The van der Waals surface area contributed by atoms with Gasteiger partial charge in [0.05, 0.1) is 0 Å². The Morgan fingerprint density at radius 1 is 1.22 bits per heavy atom. The highest BCUT2D eigenvalue weighted by molar-refractivity contribution is 7.89. The van der Waals surface area contributed by atoms with Crippen LogP contribution in [0, 0.1) is 12.8 Å². The SMILES string of the molecule is Cc1cccc(N2CCN(S(=O)(=O)CC(=O)NC(CN)CC(C)C)CC2)c1. The van der Waals surface area contributed by atoms with Crippen molar-refractivity contribution in [2.45, 2.75) is 33.2 Å². The summed E-state index contributed by atoms with van der Waals surface area (Å²) in [6, 6.07) is 7.98. The molecule has 3 N–H and O–H groups in total. The van der Waals surface area contributed by atoms with E-state index in [0.29, 0.717) is 38.6 Å². The van der Waals surface area contributed by atoms with Gasteiger partial charge in [0.1, 0.15) is 5.75 Å². The summed E-state index contributed by atoms with van der Waals surface area (Å²) in [7, 11) is -3.62. The molecule has 1 aromatic carbocycles. The molecule has 152 valence electrons. The third-order valence-electron chi connectivity index (χ3n) is 4.72. The fourth-order valence-corrected chi connectivity index (χ4v) is 4.68. The topological polar surface area (TPSA) is 95.7 Å². The van der Waals surface area contributed by atoms with E-state index < -0.39 is 21.7 Å². The highest BCUT2D eigenvalue weighted by Gasteiger charge is 2.29. The largest absolute Gasteiger partial charge is 0.369 e. The van der Waals surface area contributed by atoms with Crippen LogP contribution in [0.25, 0.3) is 0 Å². The Morgan fingerprint density at radius 3 is 2.44 bits per heavy atom.